The van der Waals surface area contributed by atoms with Gasteiger partial charge >= 0.3 is 0 Å². The molecule has 5 aromatic carbocycles. The van der Waals surface area contributed by atoms with E-state index >= 15 is 14.4 Å². The lowest BCUT2D eigenvalue weighted by Crippen LogP contribution is -2.57. The Labute approximate surface area is 273 Å². The monoisotopic (exact) mass is 615 g/mol. The van der Waals surface area contributed by atoms with E-state index in [1.807, 2.05) is 127 Å². The predicted octanol–water partition coefficient (Wildman–Crippen LogP) is 6.74. The summed E-state index contributed by atoms with van der Waals surface area (Å²) in [6.07, 6.45) is 0.702. The van der Waals surface area contributed by atoms with E-state index < -0.39 is 22.9 Å². The topological polar surface area (TPSA) is 69.7 Å². The summed E-state index contributed by atoms with van der Waals surface area (Å²) in [7, 11) is 0. The van der Waals surface area contributed by atoms with E-state index in [1.165, 1.54) is 0 Å². The predicted molar refractivity (Wildman–Crippen MR) is 181 cm³/mol. The van der Waals surface area contributed by atoms with Crippen LogP contribution < -0.4 is 10.2 Å². The Hall–Kier alpha value is -5.33. The van der Waals surface area contributed by atoms with Crippen molar-refractivity contribution < 1.29 is 14.4 Å². The van der Waals surface area contributed by atoms with Gasteiger partial charge in [0.1, 0.15) is 11.0 Å². The maximum Gasteiger partial charge on any atom is 0.253 e. The molecule has 0 unspecified atom stereocenters. The first-order valence-corrected chi connectivity index (χ1v) is 16.3. The Bertz CT molecular complexity index is 2110. The number of amides is 2. The Morgan fingerprint density at radius 3 is 2.28 bits per heavy atom. The van der Waals surface area contributed by atoms with Crippen molar-refractivity contribution in [1.82, 2.24) is 4.90 Å². The van der Waals surface area contributed by atoms with Crippen molar-refractivity contribution in [2.45, 2.75) is 36.9 Å². The molecule has 5 aromatic rings. The molecule has 0 radical (unpaired) electrons. The van der Waals surface area contributed by atoms with Crippen molar-refractivity contribution in [1.29, 1.82) is 0 Å². The molecule has 0 bridgehead atoms. The van der Waals surface area contributed by atoms with Gasteiger partial charge in [0.2, 0.25) is 5.91 Å². The van der Waals surface area contributed by atoms with Gasteiger partial charge in [0.05, 0.1) is 18.5 Å². The van der Waals surface area contributed by atoms with Gasteiger partial charge in [0, 0.05) is 29.0 Å². The summed E-state index contributed by atoms with van der Waals surface area (Å²) in [5, 5.41) is 3.19. The molecule has 230 valence electrons. The van der Waals surface area contributed by atoms with Gasteiger partial charge in [-0.05, 0) is 47.7 Å². The fraction of sp³-hybridized carbons (Fsp3) is 0.195. The van der Waals surface area contributed by atoms with Crippen molar-refractivity contribution >= 4 is 29.0 Å². The second-order valence-electron chi connectivity index (χ2n) is 13.2. The lowest BCUT2D eigenvalue weighted by atomic mass is 9.59. The summed E-state index contributed by atoms with van der Waals surface area (Å²) < 4.78 is 0. The largest absolute Gasteiger partial charge is 0.325 e. The standard InChI is InChI=1S/C41H33N3O3/c1-26-19-21-29(22-20-26)35(45)36-40(31-15-7-9-17-33(31)42-38(40)46)37-30-14-6-5-13-28(30)23-24-44(37)41(36)32-16-8-10-18-34(32)43(39(41)47)25-27-11-3-2-4-12-27/h2-22,36-37H,23-25H2,1H3,(H,42,46)/t36-,37-,40-,41-/m1/s1. The molecule has 1 saturated heterocycles. The molecule has 6 heteroatoms. The smallest absolute Gasteiger partial charge is 0.253 e. The first kappa shape index (κ1) is 27.9. The van der Waals surface area contributed by atoms with Crippen molar-refractivity contribution in [2.24, 2.45) is 5.92 Å². The van der Waals surface area contributed by atoms with Gasteiger partial charge in [-0.1, -0.05) is 121 Å². The van der Waals surface area contributed by atoms with Gasteiger partial charge in [-0.25, -0.2) is 0 Å². The molecule has 0 saturated carbocycles. The number of nitrogens with zero attached hydrogens (tertiary/aromatic N) is 2. The van der Waals surface area contributed by atoms with Crippen LogP contribution in [-0.2, 0) is 33.5 Å². The van der Waals surface area contributed by atoms with Crippen molar-refractivity contribution in [3.05, 3.63) is 166 Å². The summed E-state index contributed by atoms with van der Waals surface area (Å²) in [5.41, 5.74) is 4.88. The number of hydrogen-bond donors (Lipinski definition) is 1. The van der Waals surface area contributed by atoms with E-state index in [-0.39, 0.29) is 17.6 Å². The zero-order valence-electron chi connectivity index (χ0n) is 26.0. The van der Waals surface area contributed by atoms with Crippen molar-refractivity contribution in [3.8, 4) is 0 Å². The highest BCUT2D eigenvalue weighted by atomic mass is 16.2. The van der Waals surface area contributed by atoms with E-state index in [2.05, 4.69) is 22.3 Å². The number of anilines is 2. The number of aryl methyl sites for hydroxylation is 1. The molecule has 2 amide bonds. The number of hydrogen-bond acceptors (Lipinski definition) is 4. The summed E-state index contributed by atoms with van der Waals surface area (Å²) in [6.45, 7) is 2.87. The molecule has 1 fully saturated rings. The SMILES string of the molecule is Cc1ccc(C(=O)[C@@H]2[C@@]3(C(=O)Nc4ccccc43)[C@H]3c4ccccc4CCN3[C@@]23C(=O)N(Cc2ccccc2)c2ccccc23)cc1. The summed E-state index contributed by atoms with van der Waals surface area (Å²) >= 11 is 0. The number of Topliss-reactive ketones (excluding diaryl/α,β-unsaturated/α-hetero) is 1. The normalized spacial score (nSPS) is 25.4. The van der Waals surface area contributed by atoms with E-state index in [0.717, 1.165) is 39.1 Å². The average Bonchev–Trinajstić information content (AvgIpc) is 3.66. The minimum atomic E-state index is -1.43. The average molecular weight is 616 g/mol. The van der Waals surface area contributed by atoms with Gasteiger partial charge < -0.3 is 10.2 Å². The fourth-order valence-corrected chi connectivity index (χ4v) is 9.17. The highest BCUT2D eigenvalue weighted by Gasteiger charge is 2.79. The van der Waals surface area contributed by atoms with Crippen LogP contribution in [0.1, 0.15) is 49.8 Å². The Balaban J connectivity index is 1.39. The zero-order valence-corrected chi connectivity index (χ0v) is 26.0. The highest BCUT2D eigenvalue weighted by molar-refractivity contribution is 6.19. The van der Waals surface area contributed by atoms with Crippen LogP contribution in [0.25, 0.3) is 0 Å². The minimum absolute atomic E-state index is 0.161. The molecular formula is C41H33N3O3. The first-order chi connectivity index (χ1) is 23.0. The van der Waals surface area contributed by atoms with Crippen LogP contribution in [0.5, 0.6) is 0 Å². The quantitative estimate of drug-likeness (QED) is 0.228. The molecule has 4 aliphatic heterocycles. The third-order valence-electron chi connectivity index (χ3n) is 11.0. The molecule has 6 nitrogen and oxygen atoms in total. The van der Waals surface area contributed by atoms with E-state index in [4.69, 9.17) is 0 Å². The fourth-order valence-electron chi connectivity index (χ4n) is 9.17. The van der Waals surface area contributed by atoms with Crippen LogP contribution in [0.4, 0.5) is 11.4 Å². The molecule has 1 N–H and O–H groups in total. The molecular weight excluding hydrogens is 582 g/mol. The number of benzene rings is 5. The number of carbonyl (C=O) groups excluding carboxylic acids is 3. The van der Waals surface area contributed by atoms with Crippen LogP contribution in [0, 0.1) is 12.8 Å². The number of fused-ring (bicyclic) bond motifs is 9. The zero-order chi connectivity index (χ0) is 31.9. The van der Waals surface area contributed by atoms with Gasteiger partial charge in [0.25, 0.3) is 5.91 Å². The molecule has 4 aliphatic rings. The molecule has 4 heterocycles. The Morgan fingerprint density at radius 1 is 0.787 bits per heavy atom. The molecule has 0 aliphatic carbocycles. The molecule has 47 heavy (non-hydrogen) atoms. The van der Waals surface area contributed by atoms with E-state index in [9.17, 15) is 0 Å². The summed E-state index contributed by atoms with van der Waals surface area (Å²) in [5.74, 6) is -1.65. The van der Waals surface area contributed by atoms with Crippen molar-refractivity contribution in [3.63, 3.8) is 0 Å². The number of nitrogens with one attached hydrogen (secondary N) is 1. The van der Waals surface area contributed by atoms with Gasteiger partial charge in [-0.15, -0.1) is 0 Å². The van der Waals surface area contributed by atoms with E-state index in [1.54, 1.807) is 0 Å². The Morgan fingerprint density at radius 2 is 1.47 bits per heavy atom. The highest BCUT2D eigenvalue weighted by Crippen LogP contribution is 2.70. The van der Waals surface area contributed by atoms with Crippen molar-refractivity contribution in [2.75, 3.05) is 16.8 Å². The maximum atomic E-state index is 15.7. The summed E-state index contributed by atoms with van der Waals surface area (Å²) in [4.78, 5) is 50.4. The maximum absolute atomic E-state index is 15.7. The molecule has 2 spiro atoms. The number of para-hydroxylation sites is 2. The number of carbonyl (C=O) groups is 3. The first-order valence-electron chi connectivity index (χ1n) is 16.3. The van der Waals surface area contributed by atoms with Crippen LogP contribution in [0.2, 0.25) is 0 Å². The van der Waals surface area contributed by atoms with Gasteiger partial charge in [-0.3, -0.25) is 19.3 Å². The van der Waals surface area contributed by atoms with Crippen LogP contribution >= 0.6 is 0 Å². The van der Waals surface area contributed by atoms with Crippen LogP contribution in [-0.4, -0.2) is 29.0 Å². The van der Waals surface area contributed by atoms with Gasteiger partial charge in [0.15, 0.2) is 5.78 Å². The van der Waals surface area contributed by atoms with Gasteiger partial charge in [-0.2, -0.15) is 0 Å². The lowest BCUT2D eigenvalue weighted by molar-refractivity contribution is -0.131. The third-order valence-corrected chi connectivity index (χ3v) is 11.0. The van der Waals surface area contributed by atoms with Crippen LogP contribution in [0.15, 0.2) is 127 Å². The summed E-state index contributed by atoms with van der Waals surface area (Å²) in [6, 6.07) is 40.8. The van der Waals surface area contributed by atoms with E-state index in [0.29, 0.717) is 30.8 Å². The molecule has 9 rings (SSSR count). The number of ketones is 1. The third kappa shape index (κ3) is 3.56. The number of rotatable bonds is 4. The Kier molecular flexibility index (Phi) is 5.99. The molecule has 0 aromatic heterocycles. The van der Waals surface area contributed by atoms with Crippen LogP contribution in [0.3, 0.4) is 0 Å². The second-order valence-corrected chi connectivity index (χ2v) is 13.2. The molecule has 4 atom stereocenters. The minimum Gasteiger partial charge on any atom is -0.325 e. The lowest BCUT2D eigenvalue weighted by Gasteiger charge is -2.42. The second kappa shape index (κ2) is 10.1.